The molecule has 2 atom stereocenters. The van der Waals surface area contributed by atoms with Crippen LogP contribution in [0, 0.1) is 0 Å². The molecule has 0 unspecified atom stereocenters. The van der Waals surface area contributed by atoms with Crippen LogP contribution in [-0.2, 0) is 22.5 Å². The Kier molecular flexibility index (Phi) is 11.7. The number of ether oxygens (including phenoxy) is 3. The summed E-state index contributed by atoms with van der Waals surface area (Å²) >= 11 is 12.9. The molecule has 0 spiro atoms. The SMILES string of the molecule is [N-]=[N+]=Nc1ccccc1C[C@]1(C(=O)NNCc2ccc(OC(F)(F)F)cc2)N=C(c2ccc(OCCCO)cc2)O[C@H]1c1ccc(Cl)cc1Cl. The summed E-state index contributed by atoms with van der Waals surface area (Å²) in [5, 5.41) is 13.4. The Hall–Kier alpha value is -4.98. The van der Waals surface area contributed by atoms with Crippen molar-refractivity contribution in [1.82, 2.24) is 10.9 Å². The number of halogens is 5. The van der Waals surface area contributed by atoms with Crippen LogP contribution in [0.2, 0.25) is 10.0 Å². The second-order valence-corrected chi connectivity index (χ2v) is 11.8. The number of carbonyl (C=O) groups is 1. The number of hydrogen-bond acceptors (Lipinski definition) is 8. The molecule has 0 saturated heterocycles. The lowest BCUT2D eigenvalue weighted by Crippen LogP contribution is -2.53. The van der Waals surface area contributed by atoms with E-state index < -0.39 is 23.9 Å². The Labute approximate surface area is 294 Å². The van der Waals surface area contributed by atoms with Crippen LogP contribution >= 0.6 is 23.2 Å². The van der Waals surface area contributed by atoms with Gasteiger partial charge < -0.3 is 19.3 Å². The second kappa shape index (κ2) is 16.2. The number of aliphatic imine (C=N–C) groups is 1. The zero-order valence-corrected chi connectivity index (χ0v) is 27.5. The van der Waals surface area contributed by atoms with Gasteiger partial charge in [0.2, 0.25) is 5.90 Å². The van der Waals surface area contributed by atoms with E-state index in [0.717, 1.165) is 12.1 Å². The lowest BCUT2D eigenvalue weighted by Gasteiger charge is -2.31. The molecule has 0 bridgehead atoms. The monoisotopic (exact) mass is 728 g/mol. The molecule has 1 aliphatic heterocycles. The molecule has 260 valence electrons. The summed E-state index contributed by atoms with van der Waals surface area (Å²) in [6.45, 7) is 0.324. The van der Waals surface area contributed by atoms with Crippen molar-refractivity contribution in [2.45, 2.75) is 37.4 Å². The van der Waals surface area contributed by atoms with E-state index >= 15 is 0 Å². The second-order valence-electron chi connectivity index (χ2n) is 10.9. The highest BCUT2D eigenvalue weighted by Crippen LogP contribution is 2.46. The van der Waals surface area contributed by atoms with Gasteiger partial charge >= 0.3 is 6.36 Å². The molecule has 16 heteroatoms. The predicted octanol–water partition coefficient (Wildman–Crippen LogP) is 7.92. The number of alkyl halides is 3. The summed E-state index contributed by atoms with van der Waals surface area (Å²) in [5.41, 5.74) is 15.2. The molecule has 4 aromatic carbocycles. The fourth-order valence-electron chi connectivity index (χ4n) is 5.21. The minimum Gasteiger partial charge on any atom is -0.494 e. The van der Waals surface area contributed by atoms with Crippen LogP contribution in [0.25, 0.3) is 10.4 Å². The lowest BCUT2D eigenvalue weighted by atomic mass is 9.81. The molecule has 0 fully saturated rings. The molecule has 1 amide bonds. The molecule has 0 saturated carbocycles. The van der Waals surface area contributed by atoms with E-state index in [9.17, 15) is 23.5 Å². The van der Waals surface area contributed by atoms with Gasteiger partial charge in [0, 0.05) is 57.8 Å². The fraction of sp³-hybridized carbons (Fsp3) is 0.235. The zero-order chi connectivity index (χ0) is 35.7. The van der Waals surface area contributed by atoms with Crippen LogP contribution in [0.3, 0.4) is 0 Å². The number of rotatable bonds is 14. The van der Waals surface area contributed by atoms with Crippen LogP contribution in [0.5, 0.6) is 11.5 Å². The van der Waals surface area contributed by atoms with Gasteiger partial charge in [-0.05, 0) is 65.2 Å². The molecule has 3 N–H and O–H groups in total. The van der Waals surface area contributed by atoms with Crippen molar-refractivity contribution in [2.75, 3.05) is 13.2 Å². The summed E-state index contributed by atoms with van der Waals surface area (Å²) < 4.78 is 53.8. The van der Waals surface area contributed by atoms with Crippen molar-refractivity contribution >= 4 is 40.7 Å². The molecule has 11 nitrogen and oxygen atoms in total. The number of aliphatic hydroxyl groups is 1. The number of carbonyl (C=O) groups excluding carboxylic acids is 1. The van der Waals surface area contributed by atoms with Crippen LogP contribution in [-0.4, -0.2) is 42.0 Å². The topological polar surface area (TPSA) is 150 Å². The maximum Gasteiger partial charge on any atom is 0.573 e. The van der Waals surface area contributed by atoms with Gasteiger partial charge in [-0.15, -0.1) is 13.2 Å². The van der Waals surface area contributed by atoms with Crippen molar-refractivity contribution in [3.8, 4) is 11.5 Å². The number of hydrogen-bond donors (Lipinski definition) is 3. The number of amides is 1. The van der Waals surface area contributed by atoms with E-state index in [1.165, 1.54) is 18.2 Å². The molecule has 0 aliphatic carbocycles. The Morgan fingerprint density at radius 2 is 1.76 bits per heavy atom. The Balaban J connectivity index is 1.52. The quantitative estimate of drug-likeness (QED) is 0.0395. The zero-order valence-electron chi connectivity index (χ0n) is 26.0. The van der Waals surface area contributed by atoms with E-state index in [2.05, 4.69) is 25.6 Å². The average Bonchev–Trinajstić information content (AvgIpc) is 3.46. The van der Waals surface area contributed by atoms with Gasteiger partial charge in [-0.2, -0.15) is 0 Å². The van der Waals surface area contributed by atoms with E-state index in [4.69, 9.17) is 42.8 Å². The summed E-state index contributed by atoms with van der Waals surface area (Å²) in [7, 11) is 0. The number of hydrazine groups is 1. The van der Waals surface area contributed by atoms with Gasteiger partial charge in [-0.1, -0.05) is 70.8 Å². The number of nitrogens with zero attached hydrogens (tertiary/aromatic N) is 4. The molecule has 1 aliphatic rings. The first kappa shape index (κ1) is 36.3. The minimum absolute atomic E-state index is 0.0115. The van der Waals surface area contributed by atoms with E-state index in [0.29, 0.717) is 46.1 Å². The highest BCUT2D eigenvalue weighted by Gasteiger charge is 2.54. The molecular weight excluding hydrogens is 700 g/mol. The molecular formula is C34H29Cl2F3N6O5. The fourth-order valence-corrected chi connectivity index (χ4v) is 5.72. The van der Waals surface area contributed by atoms with Crippen molar-refractivity contribution in [2.24, 2.45) is 10.1 Å². The first-order chi connectivity index (χ1) is 24.0. The first-order valence-electron chi connectivity index (χ1n) is 15.1. The maximum absolute atomic E-state index is 14.5. The lowest BCUT2D eigenvalue weighted by molar-refractivity contribution is -0.274. The molecule has 1 heterocycles. The first-order valence-corrected chi connectivity index (χ1v) is 15.8. The largest absolute Gasteiger partial charge is 0.573 e. The van der Waals surface area contributed by atoms with Crippen LogP contribution < -0.4 is 20.3 Å². The summed E-state index contributed by atoms with van der Waals surface area (Å²) in [6.07, 6.45) is -5.61. The number of nitrogens with one attached hydrogen (secondary N) is 2. The highest BCUT2D eigenvalue weighted by molar-refractivity contribution is 6.35. The average molecular weight is 730 g/mol. The van der Waals surface area contributed by atoms with Crippen molar-refractivity contribution in [3.63, 3.8) is 0 Å². The standard InChI is InChI=1S/C34H29Cl2F3N6O5/c35-24-10-15-27(28(36)18-24)30-33(19-23-4-1-2-5-29(23)43-45-40,42-31(49-30)22-8-13-25(14-9-22)48-17-3-16-46)32(47)44-41-20-21-6-11-26(12-7-21)50-34(37,38)39/h1-2,4-15,18,30,41,46H,3,16-17,19-20H2,(H,44,47)/t30-,33-/m0/s1. The van der Waals surface area contributed by atoms with Gasteiger partial charge in [-0.3, -0.25) is 10.2 Å². The highest BCUT2D eigenvalue weighted by atomic mass is 35.5. The normalized spacial score (nSPS) is 16.9. The smallest absolute Gasteiger partial charge is 0.494 e. The van der Waals surface area contributed by atoms with Gasteiger partial charge in [0.1, 0.15) is 11.5 Å². The Bertz CT molecular complexity index is 1890. The van der Waals surface area contributed by atoms with E-state index in [1.807, 2.05) is 0 Å². The van der Waals surface area contributed by atoms with Crippen LogP contribution in [0.1, 0.15) is 34.8 Å². The number of aliphatic hydroxyl groups excluding tert-OH is 1. The molecule has 0 radical (unpaired) electrons. The molecule has 4 aromatic rings. The molecule has 5 rings (SSSR count). The minimum atomic E-state index is -4.83. The Morgan fingerprint density at radius 3 is 2.44 bits per heavy atom. The van der Waals surface area contributed by atoms with Crippen LogP contribution in [0.15, 0.2) is 101 Å². The van der Waals surface area contributed by atoms with Gasteiger partial charge in [0.25, 0.3) is 5.91 Å². The third-order valence-electron chi connectivity index (χ3n) is 7.53. The maximum atomic E-state index is 14.5. The van der Waals surface area contributed by atoms with Crippen molar-refractivity contribution in [3.05, 3.63) is 134 Å². The van der Waals surface area contributed by atoms with Crippen LogP contribution in [0.4, 0.5) is 18.9 Å². The van der Waals surface area contributed by atoms with Crippen molar-refractivity contribution in [1.29, 1.82) is 0 Å². The summed E-state index contributed by atoms with van der Waals surface area (Å²) in [6, 6.07) is 23.4. The van der Waals surface area contributed by atoms with Crippen molar-refractivity contribution < 1.29 is 37.3 Å². The number of benzene rings is 4. The van der Waals surface area contributed by atoms with Gasteiger partial charge in [0.05, 0.1) is 6.61 Å². The predicted molar refractivity (Wildman–Crippen MR) is 180 cm³/mol. The number of azide groups is 1. The third-order valence-corrected chi connectivity index (χ3v) is 8.09. The van der Waals surface area contributed by atoms with Gasteiger partial charge in [-0.25, -0.2) is 10.4 Å². The summed E-state index contributed by atoms with van der Waals surface area (Å²) in [5.74, 6) is -0.382. The van der Waals surface area contributed by atoms with E-state index in [1.54, 1.807) is 60.7 Å². The summed E-state index contributed by atoms with van der Waals surface area (Å²) in [4.78, 5) is 22.3. The molecule has 0 aromatic heterocycles. The Morgan fingerprint density at radius 1 is 1.04 bits per heavy atom. The van der Waals surface area contributed by atoms with Gasteiger partial charge in [0.15, 0.2) is 11.6 Å². The molecule has 50 heavy (non-hydrogen) atoms. The third kappa shape index (κ3) is 8.97. The van der Waals surface area contributed by atoms with E-state index in [-0.39, 0.29) is 41.9 Å².